The van der Waals surface area contributed by atoms with Crippen molar-refractivity contribution in [3.63, 3.8) is 0 Å². The Morgan fingerprint density at radius 3 is 2.67 bits per heavy atom. The molecule has 86 valence electrons. The average molecular weight is 213 g/mol. The van der Waals surface area contributed by atoms with Gasteiger partial charge in [0, 0.05) is 6.54 Å². The molecule has 0 saturated carbocycles. The molecule has 0 aromatic carbocycles. The molecule has 0 rings (SSSR count). The number of nitrogens with two attached hydrogens (primary N) is 1. The van der Waals surface area contributed by atoms with Crippen LogP contribution in [0.3, 0.4) is 0 Å². The molecule has 0 heterocycles. The summed E-state index contributed by atoms with van der Waals surface area (Å²) in [7, 11) is 0. The molecule has 0 amide bonds. The summed E-state index contributed by atoms with van der Waals surface area (Å²) in [5, 5.41) is 18.7. The quantitative estimate of drug-likeness (QED) is 0.226. The van der Waals surface area contributed by atoms with Crippen LogP contribution in [0.5, 0.6) is 0 Å². The lowest BCUT2D eigenvalue weighted by Gasteiger charge is -2.16. The molecule has 15 heavy (non-hydrogen) atoms. The molecule has 5 N–H and O–H groups in total. The maximum atomic E-state index is 10.6. The summed E-state index contributed by atoms with van der Waals surface area (Å²) >= 11 is 0. The minimum atomic E-state index is -1.19. The fourth-order valence-corrected chi connectivity index (χ4v) is 0.876. The van der Waals surface area contributed by atoms with Crippen molar-refractivity contribution in [2.75, 3.05) is 6.54 Å². The molecule has 5 heteroatoms. The van der Waals surface area contributed by atoms with Gasteiger partial charge in [-0.2, -0.15) is 0 Å². The molecular weight excluding hydrogens is 194 g/mol. The van der Waals surface area contributed by atoms with Crippen LogP contribution < -0.4 is 11.1 Å². The van der Waals surface area contributed by atoms with Gasteiger partial charge in [0.05, 0.1) is 5.84 Å². The number of carboxylic acid groups (broad SMARTS) is 1. The SMILES string of the molecule is CC(=N)NCC/C=C/C[C@@](C)(N)C(=O)O. The number of nitrogens with one attached hydrogen (secondary N) is 2. The van der Waals surface area contributed by atoms with Gasteiger partial charge in [-0.05, 0) is 26.7 Å². The minimum Gasteiger partial charge on any atom is -0.480 e. The van der Waals surface area contributed by atoms with Crippen LogP contribution in [0.15, 0.2) is 12.2 Å². The Morgan fingerprint density at radius 1 is 1.60 bits per heavy atom. The van der Waals surface area contributed by atoms with E-state index in [1.807, 2.05) is 6.08 Å². The summed E-state index contributed by atoms with van der Waals surface area (Å²) < 4.78 is 0. The van der Waals surface area contributed by atoms with Crippen LogP contribution in [0.2, 0.25) is 0 Å². The van der Waals surface area contributed by atoms with Gasteiger partial charge in [0.1, 0.15) is 5.54 Å². The van der Waals surface area contributed by atoms with E-state index < -0.39 is 11.5 Å². The van der Waals surface area contributed by atoms with E-state index in [4.69, 9.17) is 16.2 Å². The second-order valence-corrected chi connectivity index (χ2v) is 3.74. The second-order valence-electron chi connectivity index (χ2n) is 3.74. The van der Waals surface area contributed by atoms with Gasteiger partial charge in [-0.15, -0.1) is 0 Å². The summed E-state index contributed by atoms with van der Waals surface area (Å²) in [5.41, 5.74) is 4.33. The Hall–Kier alpha value is -1.36. The Morgan fingerprint density at radius 2 is 2.20 bits per heavy atom. The smallest absolute Gasteiger partial charge is 0.323 e. The van der Waals surface area contributed by atoms with Crippen molar-refractivity contribution in [3.8, 4) is 0 Å². The molecule has 0 saturated heterocycles. The molecule has 0 unspecified atom stereocenters. The molecule has 0 aliphatic rings. The highest BCUT2D eigenvalue weighted by Crippen LogP contribution is 2.06. The number of hydrogen-bond acceptors (Lipinski definition) is 3. The summed E-state index contributed by atoms with van der Waals surface area (Å²) in [6.07, 6.45) is 4.69. The van der Waals surface area contributed by atoms with Crippen LogP contribution in [0, 0.1) is 5.41 Å². The number of aliphatic carboxylic acids is 1. The zero-order chi connectivity index (χ0) is 11.9. The lowest BCUT2D eigenvalue weighted by molar-refractivity contribution is -0.142. The third-order valence-electron chi connectivity index (χ3n) is 1.90. The van der Waals surface area contributed by atoms with Gasteiger partial charge < -0.3 is 16.2 Å². The number of rotatable bonds is 6. The van der Waals surface area contributed by atoms with Crippen LogP contribution in [-0.2, 0) is 4.79 Å². The van der Waals surface area contributed by atoms with Gasteiger partial charge in [0.25, 0.3) is 0 Å². The van der Waals surface area contributed by atoms with Gasteiger partial charge in [-0.1, -0.05) is 12.2 Å². The van der Waals surface area contributed by atoms with Crippen LogP contribution in [-0.4, -0.2) is 29.0 Å². The first-order valence-corrected chi connectivity index (χ1v) is 4.82. The molecule has 1 atom stereocenters. The van der Waals surface area contributed by atoms with Crippen molar-refractivity contribution in [1.29, 1.82) is 5.41 Å². The molecule has 0 fully saturated rings. The van der Waals surface area contributed by atoms with E-state index in [1.165, 1.54) is 6.92 Å². The first-order valence-electron chi connectivity index (χ1n) is 4.82. The monoisotopic (exact) mass is 213 g/mol. The molecule has 0 radical (unpaired) electrons. The van der Waals surface area contributed by atoms with Gasteiger partial charge >= 0.3 is 5.97 Å². The van der Waals surface area contributed by atoms with Gasteiger partial charge in [0.2, 0.25) is 0 Å². The fraction of sp³-hybridized carbons (Fsp3) is 0.600. The second kappa shape index (κ2) is 6.19. The largest absolute Gasteiger partial charge is 0.480 e. The van der Waals surface area contributed by atoms with Crippen LogP contribution in [0.25, 0.3) is 0 Å². The van der Waals surface area contributed by atoms with Crippen molar-refractivity contribution in [2.24, 2.45) is 5.73 Å². The summed E-state index contributed by atoms with van der Waals surface area (Å²) in [6.45, 7) is 3.84. The topological polar surface area (TPSA) is 99.2 Å². The van der Waals surface area contributed by atoms with E-state index in [0.717, 1.165) is 6.42 Å². The maximum Gasteiger partial charge on any atom is 0.323 e. The number of hydrogen-bond donors (Lipinski definition) is 4. The van der Waals surface area contributed by atoms with Gasteiger partial charge in [0.15, 0.2) is 0 Å². The zero-order valence-corrected chi connectivity index (χ0v) is 9.21. The van der Waals surface area contributed by atoms with E-state index in [1.54, 1.807) is 13.0 Å². The van der Waals surface area contributed by atoms with Crippen LogP contribution in [0.4, 0.5) is 0 Å². The molecule has 0 aromatic heterocycles. The lowest BCUT2D eigenvalue weighted by atomic mass is 9.99. The summed E-state index contributed by atoms with van der Waals surface area (Å²) in [6, 6.07) is 0. The molecule has 0 aliphatic heterocycles. The third kappa shape index (κ3) is 6.68. The van der Waals surface area contributed by atoms with Gasteiger partial charge in [-0.25, -0.2) is 0 Å². The predicted molar refractivity (Wildman–Crippen MR) is 60.0 cm³/mol. The molecule has 5 nitrogen and oxygen atoms in total. The molecule has 0 aromatic rings. The van der Waals surface area contributed by atoms with Crippen molar-refractivity contribution >= 4 is 11.8 Å². The average Bonchev–Trinajstić information content (AvgIpc) is 2.10. The van der Waals surface area contributed by atoms with E-state index >= 15 is 0 Å². The van der Waals surface area contributed by atoms with Crippen LogP contribution in [0.1, 0.15) is 26.7 Å². The van der Waals surface area contributed by atoms with E-state index in [9.17, 15) is 4.79 Å². The minimum absolute atomic E-state index is 0.311. The standard InChI is InChI=1S/C10H19N3O2/c1-8(11)13-7-5-3-4-6-10(2,12)9(14)15/h3-4H,5-7,12H2,1-2H3,(H2,11,13)(H,14,15)/b4-3+/t10-/m1/s1. The zero-order valence-electron chi connectivity index (χ0n) is 9.21. The van der Waals surface area contributed by atoms with Crippen molar-refractivity contribution in [3.05, 3.63) is 12.2 Å². The molecular formula is C10H19N3O2. The van der Waals surface area contributed by atoms with Gasteiger partial charge in [-0.3, -0.25) is 10.2 Å². The Balaban J connectivity index is 3.71. The third-order valence-corrected chi connectivity index (χ3v) is 1.90. The number of carboxylic acids is 1. The lowest BCUT2D eigenvalue weighted by Crippen LogP contribution is -2.44. The maximum absolute atomic E-state index is 10.6. The highest BCUT2D eigenvalue weighted by atomic mass is 16.4. The van der Waals surface area contributed by atoms with Crippen LogP contribution >= 0.6 is 0 Å². The summed E-state index contributed by atoms with van der Waals surface area (Å²) in [4.78, 5) is 10.6. The molecule has 0 bridgehead atoms. The molecule has 0 aliphatic carbocycles. The van der Waals surface area contributed by atoms with Crippen molar-refractivity contribution in [2.45, 2.75) is 32.2 Å². The predicted octanol–water partition coefficient (Wildman–Crippen LogP) is 0.712. The van der Waals surface area contributed by atoms with E-state index in [-0.39, 0.29) is 0 Å². The summed E-state index contributed by atoms with van der Waals surface area (Å²) in [5.74, 6) is -0.571. The number of carbonyl (C=O) groups is 1. The highest BCUT2D eigenvalue weighted by molar-refractivity contribution is 5.78. The Kier molecular flexibility index (Phi) is 5.62. The molecule has 0 spiro atoms. The fourth-order valence-electron chi connectivity index (χ4n) is 0.876. The van der Waals surface area contributed by atoms with Crippen molar-refractivity contribution in [1.82, 2.24) is 5.32 Å². The normalized spacial score (nSPS) is 14.9. The first-order chi connectivity index (χ1) is 6.86. The number of amidine groups is 1. The first kappa shape index (κ1) is 13.6. The van der Waals surface area contributed by atoms with E-state index in [0.29, 0.717) is 18.8 Å². The Bertz CT molecular complexity index is 259. The van der Waals surface area contributed by atoms with E-state index in [2.05, 4.69) is 5.32 Å². The Labute approximate surface area is 89.9 Å². The van der Waals surface area contributed by atoms with Crippen molar-refractivity contribution < 1.29 is 9.90 Å². The highest BCUT2D eigenvalue weighted by Gasteiger charge is 2.25.